The average molecular weight is 339 g/mol. The van der Waals surface area contributed by atoms with Crippen LogP contribution < -0.4 is 10.1 Å². The number of halogens is 1. The van der Waals surface area contributed by atoms with Gasteiger partial charge in [-0.3, -0.25) is 5.32 Å². The molecule has 0 saturated heterocycles. The number of rotatable bonds is 7. The lowest BCUT2D eigenvalue weighted by Gasteiger charge is -2.19. The molecule has 0 radical (unpaired) electrons. The Labute approximate surface area is 147 Å². The fourth-order valence-electron chi connectivity index (χ4n) is 2.83. The first-order chi connectivity index (χ1) is 12.2. The molecule has 0 fully saturated rings. The predicted molar refractivity (Wildman–Crippen MR) is 95.9 cm³/mol. The highest BCUT2D eigenvalue weighted by molar-refractivity contribution is 5.30. The summed E-state index contributed by atoms with van der Waals surface area (Å²) in [4.78, 5) is 4.43. The number of imidazole rings is 1. The van der Waals surface area contributed by atoms with Crippen LogP contribution in [0.2, 0.25) is 0 Å². The molecule has 0 amide bonds. The molecule has 0 aliphatic rings. The van der Waals surface area contributed by atoms with Crippen LogP contribution in [0.25, 0.3) is 0 Å². The summed E-state index contributed by atoms with van der Waals surface area (Å²) in [6.45, 7) is 3.22. The molecule has 3 rings (SSSR count). The maximum absolute atomic E-state index is 13.7. The van der Waals surface area contributed by atoms with Gasteiger partial charge in [0.25, 0.3) is 0 Å². The van der Waals surface area contributed by atoms with E-state index in [2.05, 4.69) is 10.3 Å². The van der Waals surface area contributed by atoms with Gasteiger partial charge in [0.2, 0.25) is 0 Å². The first-order valence-corrected chi connectivity index (χ1v) is 8.35. The van der Waals surface area contributed by atoms with Gasteiger partial charge in [-0.1, -0.05) is 24.3 Å². The molecule has 1 atom stereocenters. The summed E-state index contributed by atoms with van der Waals surface area (Å²) in [5.74, 6) is 1.43. The zero-order valence-electron chi connectivity index (χ0n) is 14.4. The van der Waals surface area contributed by atoms with Crippen molar-refractivity contribution in [2.75, 3.05) is 6.61 Å². The highest BCUT2D eigenvalue weighted by Gasteiger charge is 2.18. The summed E-state index contributed by atoms with van der Waals surface area (Å²) < 4.78 is 21.2. The van der Waals surface area contributed by atoms with E-state index >= 15 is 0 Å². The van der Waals surface area contributed by atoms with Gasteiger partial charge in [0.15, 0.2) is 0 Å². The van der Waals surface area contributed by atoms with E-state index in [0.717, 1.165) is 22.7 Å². The summed E-state index contributed by atoms with van der Waals surface area (Å²) in [5.41, 5.74) is 1.94. The highest BCUT2D eigenvalue weighted by atomic mass is 19.1. The van der Waals surface area contributed by atoms with Crippen molar-refractivity contribution in [3.63, 3.8) is 0 Å². The van der Waals surface area contributed by atoms with Gasteiger partial charge in [-0.25, -0.2) is 9.37 Å². The van der Waals surface area contributed by atoms with Crippen LogP contribution in [-0.2, 0) is 13.6 Å². The van der Waals surface area contributed by atoms with Crippen molar-refractivity contribution in [3.8, 4) is 5.75 Å². The predicted octanol–water partition coefficient (Wildman–Crippen LogP) is 3.84. The summed E-state index contributed by atoms with van der Waals surface area (Å²) in [7, 11) is 1.94. The summed E-state index contributed by atoms with van der Waals surface area (Å²) >= 11 is 0. The summed E-state index contributed by atoms with van der Waals surface area (Å²) in [6.07, 6.45) is 3.64. The molecule has 0 saturated carbocycles. The van der Waals surface area contributed by atoms with Gasteiger partial charge < -0.3 is 9.30 Å². The molecule has 130 valence electrons. The second-order valence-corrected chi connectivity index (χ2v) is 5.85. The second kappa shape index (κ2) is 7.94. The minimum absolute atomic E-state index is 0.202. The zero-order chi connectivity index (χ0) is 17.6. The van der Waals surface area contributed by atoms with Gasteiger partial charge in [-0.2, -0.15) is 0 Å². The Morgan fingerprint density at radius 3 is 2.76 bits per heavy atom. The molecule has 3 aromatic rings. The standard InChI is InChI=1S/C20H22FN3O/c1-3-25-18-9-4-6-15(12-18)14-23-19(20-22-10-11-24(20)2)16-7-5-8-17(21)13-16/h4-13,19,23H,3,14H2,1-2H3/t19-/m1/s1. The molecule has 0 bridgehead atoms. The minimum Gasteiger partial charge on any atom is -0.494 e. The lowest BCUT2D eigenvalue weighted by molar-refractivity contribution is 0.339. The summed E-state index contributed by atoms with van der Waals surface area (Å²) in [5, 5.41) is 3.49. The fraction of sp³-hybridized carbons (Fsp3) is 0.250. The van der Waals surface area contributed by atoms with Gasteiger partial charge >= 0.3 is 0 Å². The molecular weight excluding hydrogens is 317 g/mol. The van der Waals surface area contributed by atoms with Gasteiger partial charge in [0, 0.05) is 26.0 Å². The smallest absolute Gasteiger partial charge is 0.130 e. The number of ether oxygens (including phenoxy) is 1. The normalized spacial score (nSPS) is 12.1. The van der Waals surface area contributed by atoms with Gasteiger partial charge in [-0.05, 0) is 42.3 Å². The third-order valence-corrected chi connectivity index (χ3v) is 4.02. The van der Waals surface area contributed by atoms with Crippen molar-refractivity contribution < 1.29 is 9.13 Å². The molecule has 1 aromatic heterocycles. The molecule has 25 heavy (non-hydrogen) atoms. The molecule has 2 aromatic carbocycles. The largest absolute Gasteiger partial charge is 0.494 e. The number of aryl methyl sites for hydroxylation is 1. The highest BCUT2D eigenvalue weighted by Crippen LogP contribution is 2.22. The first kappa shape index (κ1) is 17.2. The van der Waals surface area contributed by atoms with Gasteiger partial charge in [-0.15, -0.1) is 0 Å². The molecule has 1 N–H and O–H groups in total. The Bertz CT molecular complexity index is 831. The lowest BCUT2D eigenvalue weighted by atomic mass is 10.1. The Kier molecular flexibility index (Phi) is 5.46. The molecule has 0 aliphatic carbocycles. The van der Waals surface area contributed by atoms with Crippen LogP contribution in [0.3, 0.4) is 0 Å². The van der Waals surface area contributed by atoms with E-state index in [1.807, 2.05) is 55.1 Å². The van der Waals surface area contributed by atoms with Crippen LogP contribution in [0, 0.1) is 5.82 Å². The molecular formula is C20H22FN3O. The van der Waals surface area contributed by atoms with E-state index < -0.39 is 0 Å². The molecule has 0 aliphatic heterocycles. The molecule has 4 nitrogen and oxygen atoms in total. The van der Waals surface area contributed by atoms with E-state index in [4.69, 9.17) is 4.74 Å². The van der Waals surface area contributed by atoms with Gasteiger partial charge in [0.05, 0.1) is 12.6 Å². The number of aromatic nitrogens is 2. The van der Waals surface area contributed by atoms with Crippen LogP contribution in [-0.4, -0.2) is 16.2 Å². The van der Waals surface area contributed by atoms with Crippen LogP contribution >= 0.6 is 0 Å². The SMILES string of the molecule is CCOc1cccc(CN[C@H](c2cccc(F)c2)c2nccn2C)c1. The number of hydrogen-bond donors (Lipinski definition) is 1. The Morgan fingerprint density at radius 2 is 2.04 bits per heavy atom. The van der Waals surface area contributed by atoms with Crippen LogP contribution in [0.15, 0.2) is 60.9 Å². The topological polar surface area (TPSA) is 39.1 Å². The first-order valence-electron chi connectivity index (χ1n) is 8.35. The molecule has 1 heterocycles. The zero-order valence-corrected chi connectivity index (χ0v) is 14.4. The third-order valence-electron chi connectivity index (χ3n) is 4.02. The van der Waals surface area contributed by atoms with E-state index in [1.54, 1.807) is 18.3 Å². The number of nitrogens with zero attached hydrogens (tertiary/aromatic N) is 2. The molecule has 0 spiro atoms. The number of hydrogen-bond acceptors (Lipinski definition) is 3. The minimum atomic E-state index is -0.253. The van der Waals surface area contributed by atoms with Crippen LogP contribution in [0.5, 0.6) is 5.75 Å². The van der Waals surface area contributed by atoms with Crippen LogP contribution in [0.1, 0.15) is 29.9 Å². The lowest BCUT2D eigenvalue weighted by Crippen LogP contribution is -2.25. The Morgan fingerprint density at radius 1 is 1.20 bits per heavy atom. The second-order valence-electron chi connectivity index (χ2n) is 5.85. The number of nitrogens with one attached hydrogen (secondary N) is 1. The monoisotopic (exact) mass is 339 g/mol. The van der Waals surface area contributed by atoms with E-state index in [-0.39, 0.29) is 11.9 Å². The molecule has 0 unspecified atom stereocenters. The average Bonchev–Trinajstić information content (AvgIpc) is 3.02. The van der Waals surface area contributed by atoms with Crippen LogP contribution in [0.4, 0.5) is 4.39 Å². The van der Waals surface area contributed by atoms with Crippen molar-refractivity contribution in [3.05, 3.63) is 83.7 Å². The van der Waals surface area contributed by atoms with Gasteiger partial charge in [0.1, 0.15) is 17.4 Å². The van der Waals surface area contributed by atoms with E-state index in [1.165, 1.54) is 6.07 Å². The van der Waals surface area contributed by atoms with Crippen molar-refractivity contribution >= 4 is 0 Å². The number of benzene rings is 2. The maximum Gasteiger partial charge on any atom is 0.130 e. The molecule has 5 heteroatoms. The third kappa shape index (κ3) is 4.25. The fourth-order valence-corrected chi connectivity index (χ4v) is 2.83. The maximum atomic E-state index is 13.7. The van der Waals surface area contributed by atoms with Crippen molar-refractivity contribution in [1.29, 1.82) is 0 Å². The van der Waals surface area contributed by atoms with E-state index in [0.29, 0.717) is 13.2 Å². The Hall–Kier alpha value is -2.66. The Balaban J connectivity index is 1.83. The van der Waals surface area contributed by atoms with Crippen molar-refractivity contribution in [2.45, 2.75) is 19.5 Å². The van der Waals surface area contributed by atoms with Crippen molar-refractivity contribution in [2.24, 2.45) is 7.05 Å². The van der Waals surface area contributed by atoms with E-state index in [9.17, 15) is 4.39 Å². The summed E-state index contributed by atoms with van der Waals surface area (Å²) in [6, 6.07) is 14.4. The van der Waals surface area contributed by atoms with Crippen molar-refractivity contribution in [1.82, 2.24) is 14.9 Å². The quantitative estimate of drug-likeness (QED) is 0.711.